The molecule has 3 rings (SSSR count). The molecular weight excluding hydrogens is 316 g/mol. The lowest BCUT2D eigenvalue weighted by Gasteiger charge is -2.40. The number of nitrogens with zero attached hydrogens (tertiary/aromatic N) is 2. The number of benzene rings is 1. The molecule has 1 aromatic rings. The summed E-state index contributed by atoms with van der Waals surface area (Å²) in [5.41, 5.74) is 0.332. The Morgan fingerprint density at radius 3 is 2.57 bits per heavy atom. The highest BCUT2D eigenvalue weighted by Crippen LogP contribution is 2.38. The van der Waals surface area contributed by atoms with Crippen LogP contribution in [-0.2, 0) is 10.0 Å². The van der Waals surface area contributed by atoms with Gasteiger partial charge in [0.15, 0.2) is 0 Å². The normalized spacial score (nSPS) is 25.8. The van der Waals surface area contributed by atoms with E-state index in [-0.39, 0.29) is 10.6 Å². The summed E-state index contributed by atoms with van der Waals surface area (Å²) in [6.07, 6.45) is 5.61. The summed E-state index contributed by atoms with van der Waals surface area (Å²) in [4.78, 5) is 10.6. The van der Waals surface area contributed by atoms with Gasteiger partial charge in [0.25, 0.3) is 5.69 Å². The Morgan fingerprint density at radius 2 is 1.87 bits per heavy atom. The van der Waals surface area contributed by atoms with E-state index in [2.05, 4.69) is 0 Å². The molecule has 0 bridgehead atoms. The third-order valence-electron chi connectivity index (χ3n) is 5.27. The van der Waals surface area contributed by atoms with Crippen LogP contribution in [0.5, 0.6) is 0 Å². The van der Waals surface area contributed by atoms with Crippen molar-refractivity contribution >= 4 is 15.7 Å². The standard InChI is InChI=1S/C16H22N2O4S/c1-12-6-7-15(10-16(12)18(19)20)23(21,22)17-9-8-13-4-2-3-5-14(13)11-17/h6-7,10,13-14H,2-5,8-9,11H2,1H3/t13-,14+/m0/s1. The van der Waals surface area contributed by atoms with Gasteiger partial charge in [-0.2, -0.15) is 4.31 Å². The van der Waals surface area contributed by atoms with Crippen molar-refractivity contribution in [3.05, 3.63) is 33.9 Å². The second kappa shape index (κ2) is 6.20. The van der Waals surface area contributed by atoms with Crippen LogP contribution in [0.3, 0.4) is 0 Å². The van der Waals surface area contributed by atoms with Gasteiger partial charge in [-0.15, -0.1) is 0 Å². The quantitative estimate of drug-likeness (QED) is 0.626. The van der Waals surface area contributed by atoms with Crippen molar-refractivity contribution in [3.63, 3.8) is 0 Å². The molecule has 1 aliphatic carbocycles. The van der Waals surface area contributed by atoms with Crippen LogP contribution in [0.2, 0.25) is 0 Å². The van der Waals surface area contributed by atoms with E-state index in [1.165, 1.54) is 41.8 Å². The fourth-order valence-corrected chi connectivity index (χ4v) is 5.41. The van der Waals surface area contributed by atoms with Gasteiger partial charge < -0.3 is 0 Å². The highest BCUT2D eigenvalue weighted by atomic mass is 32.2. The summed E-state index contributed by atoms with van der Waals surface area (Å²) in [6, 6.07) is 4.18. The summed E-state index contributed by atoms with van der Waals surface area (Å²) in [6.45, 7) is 2.68. The largest absolute Gasteiger partial charge is 0.273 e. The number of hydrogen-bond acceptors (Lipinski definition) is 4. The van der Waals surface area contributed by atoms with Gasteiger partial charge in [-0.3, -0.25) is 10.1 Å². The Balaban J connectivity index is 1.87. The van der Waals surface area contributed by atoms with E-state index in [4.69, 9.17) is 0 Å². The van der Waals surface area contributed by atoms with Crippen LogP contribution in [0.1, 0.15) is 37.7 Å². The molecule has 23 heavy (non-hydrogen) atoms. The first-order chi connectivity index (χ1) is 10.9. The fourth-order valence-electron chi connectivity index (χ4n) is 3.88. The van der Waals surface area contributed by atoms with Crippen molar-refractivity contribution in [3.8, 4) is 0 Å². The van der Waals surface area contributed by atoms with Crippen molar-refractivity contribution in [1.82, 2.24) is 4.31 Å². The topological polar surface area (TPSA) is 80.5 Å². The van der Waals surface area contributed by atoms with Crippen LogP contribution in [0.4, 0.5) is 5.69 Å². The molecule has 7 heteroatoms. The predicted molar refractivity (Wildman–Crippen MR) is 86.7 cm³/mol. The Bertz CT molecular complexity index is 717. The number of fused-ring (bicyclic) bond motifs is 1. The number of sulfonamides is 1. The highest BCUT2D eigenvalue weighted by Gasteiger charge is 2.37. The van der Waals surface area contributed by atoms with E-state index in [0.717, 1.165) is 12.8 Å². The zero-order chi connectivity index (χ0) is 16.6. The van der Waals surface area contributed by atoms with Crippen LogP contribution >= 0.6 is 0 Å². The molecule has 6 nitrogen and oxygen atoms in total. The molecule has 0 amide bonds. The number of aryl methyl sites for hydroxylation is 1. The zero-order valence-corrected chi connectivity index (χ0v) is 14.1. The molecule has 1 heterocycles. The van der Waals surface area contributed by atoms with Gasteiger partial charge in [-0.05, 0) is 37.7 Å². The van der Waals surface area contributed by atoms with Gasteiger partial charge in [0.2, 0.25) is 10.0 Å². The number of piperidine rings is 1. The predicted octanol–water partition coefficient (Wildman–Crippen LogP) is 3.10. The maximum atomic E-state index is 12.9. The number of nitro benzene ring substituents is 1. The maximum absolute atomic E-state index is 12.9. The molecule has 2 fully saturated rings. The van der Waals surface area contributed by atoms with Crippen molar-refractivity contribution in [2.45, 2.75) is 43.9 Å². The minimum atomic E-state index is -3.66. The summed E-state index contributed by atoms with van der Waals surface area (Å²) < 4.78 is 27.2. The number of nitro groups is 1. The van der Waals surface area contributed by atoms with Crippen LogP contribution in [-0.4, -0.2) is 30.7 Å². The lowest BCUT2D eigenvalue weighted by atomic mass is 9.76. The second-order valence-corrected chi connectivity index (χ2v) is 8.60. The first-order valence-electron chi connectivity index (χ1n) is 8.15. The lowest BCUT2D eigenvalue weighted by molar-refractivity contribution is -0.385. The Hall–Kier alpha value is -1.47. The SMILES string of the molecule is Cc1ccc(S(=O)(=O)N2CC[C@@H]3CCCC[C@@H]3C2)cc1[N+](=O)[O-]. The summed E-state index contributed by atoms with van der Waals surface area (Å²) in [5.74, 6) is 1.08. The summed E-state index contributed by atoms with van der Waals surface area (Å²) in [7, 11) is -3.66. The van der Waals surface area contributed by atoms with E-state index < -0.39 is 14.9 Å². The molecule has 0 aromatic heterocycles. The van der Waals surface area contributed by atoms with Gasteiger partial charge >= 0.3 is 0 Å². The molecular formula is C16H22N2O4S. The Kier molecular flexibility index (Phi) is 4.42. The molecule has 126 valence electrons. The monoisotopic (exact) mass is 338 g/mol. The first-order valence-corrected chi connectivity index (χ1v) is 9.59. The van der Waals surface area contributed by atoms with Crippen molar-refractivity contribution in [2.24, 2.45) is 11.8 Å². The number of hydrogen-bond donors (Lipinski definition) is 0. The van der Waals surface area contributed by atoms with Crippen molar-refractivity contribution < 1.29 is 13.3 Å². The molecule has 1 saturated heterocycles. The molecule has 0 unspecified atom stereocenters. The zero-order valence-electron chi connectivity index (χ0n) is 13.3. The smallest absolute Gasteiger partial charge is 0.258 e. The Morgan fingerprint density at radius 1 is 1.17 bits per heavy atom. The average molecular weight is 338 g/mol. The minimum Gasteiger partial charge on any atom is -0.258 e. The molecule has 2 aliphatic rings. The average Bonchev–Trinajstić information content (AvgIpc) is 2.54. The van der Waals surface area contributed by atoms with Gasteiger partial charge in [-0.1, -0.05) is 25.3 Å². The first kappa shape index (κ1) is 16.4. The molecule has 1 saturated carbocycles. The van der Waals surface area contributed by atoms with E-state index in [1.54, 1.807) is 6.92 Å². The number of rotatable bonds is 3. The third-order valence-corrected chi connectivity index (χ3v) is 7.13. The highest BCUT2D eigenvalue weighted by molar-refractivity contribution is 7.89. The van der Waals surface area contributed by atoms with E-state index in [9.17, 15) is 18.5 Å². The molecule has 1 aromatic carbocycles. The van der Waals surface area contributed by atoms with Crippen LogP contribution < -0.4 is 0 Å². The van der Waals surface area contributed by atoms with Crippen LogP contribution in [0.25, 0.3) is 0 Å². The van der Waals surface area contributed by atoms with E-state index in [1.807, 2.05) is 0 Å². The van der Waals surface area contributed by atoms with Crippen LogP contribution in [0, 0.1) is 28.9 Å². The van der Waals surface area contributed by atoms with Crippen LogP contribution in [0.15, 0.2) is 23.1 Å². The van der Waals surface area contributed by atoms with Gasteiger partial charge in [0.05, 0.1) is 9.82 Å². The second-order valence-electron chi connectivity index (χ2n) is 6.66. The summed E-state index contributed by atoms with van der Waals surface area (Å²) in [5, 5.41) is 11.1. The molecule has 2 atom stereocenters. The lowest BCUT2D eigenvalue weighted by Crippen LogP contribution is -2.44. The molecule has 1 aliphatic heterocycles. The van der Waals surface area contributed by atoms with E-state index >= 15 is 0 Å². The van der Waals surface area contributed by atoms with Crippen molar-refractivity contribution in [2.75, 3.05) is 13.1 Å². The molecule has 0 spiro atoms. The summed E-state index contributed by atoms with van der Waals surface area (Å²) >= 11 is 0. The fraction of sp³-hybridized carbons (Fsp3) is 0.625. The van der Waals surface area contributed by atoms with Gasteiger partial charge in [-0.25, -0.2) is 8.42 Å². The van der Waals surface area contributed by atoms with E-state index in [0.29, 0.717) is 30.5 Å². The minimum absolute atomic E-state index is 0.0315. The maximum Gasteiger partial charge on any atom is 0.273 e. The molecule has 0 N–H and O–H groups in total. The molecule has 0 radical (unpaired) electrons. The van der Waals surface area contributed by atoms with Gasteiger partial charge in [0.1, 0.15) is 0 Å². The Labute approximate surface area is 136 Å². The van der Waals surface area contributed by atoms with Crippen molar-refractivity contribution in [1.29, 1.82) is 0 Å². The van der Waals surface area contributed by atoms with Gasteiger partial charge in [0, 0.05) is 24.7 Å². The third kappa shape index (κ3) is 3.12.